The number of nitrogens with two attached hydrogens (primary N) is 1. The fourth-order valence-electron chi connectivity index (χ4n) is 1.74. The minimum atomic E-state index is 0.525. The number of nitriles is 1. The fourth-order valence-corrected chi connectivity index (χ4v) is 2.10. The summed E-state index contributed by atoms with van der Waals surface area (Å²) < 4.78 is 0.847. The molecule has 0 unspecified atom stereocenters. The molecule has 0 aliphatic rings. The number of aryl methyl sites for hydroxylation is 1. The van der Waals surface area contributed by atoms with Gasteiger partial charge in [-0.25, -0.2) is 15.8 Å². The molecule has 1 aromatic heterocycles. The summed E-state index contributed by atoms with van der Waals surface area (Å²) in [6.45, 7) is 3.63. The molecule has 20 heavy (non-hydrogen) atoms. The molecule has 6 nitrogen and oxygen atoms in total. The van der Waals surface area contributed by atoms with Crippen molar-refractivity contribution in [2.24, 2.45) is 5.84 Å². The number of halogens is 1. The molecule has 1 aromatic carbocycles. The Morgan fingerprint density at radius 1 is 1.25 bits per heavy atom. The van der Waals surface area contributed by atoms with Crippen molar-refractivity contribution in [1.29, 1.82) is 5.26 Å². The quantitative estimate of drug-likeness (QED) is 0.590. The number of rotatable bonds is 3. The molecule has 2 rings (SSSR count). The number of hydrogen-bond acceptors (Lipinski definition) is 6. The van der Waals surface area contributed by atoms with Crippen LogP contribution in [-0.4, -0.2) is 9.97 Å². The van der Waals surface area contributed by atoms with Crippen LogP contribution in [-0.2, 0) is 0 Å². The molecule has 0 aliphatic heterocycles. The van der Waals surface area contributed by atoms with E-state index in [1.54, 1.807) is 13.0 Å². The van der Waals surface area contributed by atoms with Gasteiger partial charge >= 0.3 is 0 Å². The summed E-state index contributed by atoms with van der Waals surface area (Å²) in [4.78, 5) is 8.53. The highest BCUT2D eigenvalue weighted by molar-refractivity contribution is 9.10. The van der Waals surface area contributed by atoms with Crippen LogP contribution in [0.25, 0.3) is 0 Å². The van der Waals surface area contributed by atoms with Crippen LogP contribution in [0, 0.1) is 25.2 Å². The Hall–Kier alpha value is -2.17. The van der Waals surface area contributed by atoms with Crippen LogP contribution >= 0.6 is 15.9 Å². The molecule has 0 saturated carbocycles. The van der Waals surface area contributed by atoms with Crippen molar-refractivity contribution in [3.8, 4) is 6.07 Å². The van der Waals surface area contributed by atoms with Crippen molar-refractivity contribution in [3.05, 3.63) is 39.6 Å². The molecule has 4 N–H and O–H groups in total. The van der Waals surface area contributed by atoms with Crippen LogP contribution in [0.3, 0.4) is 0 Å². The fraction of sp³-hybridized carbons (Fsp3) is 0.154. The largest absolute Gasteiger partial charge is 0.339 e. The first-order chi connectivity index (χ1) is 9.55. The Morgan fingerprint density at radius 2 is 1.95 bits per heavy atom. The van der Waals surface area contributed by atoms with Crippen molar-refractivity contribution >= 4 is 33.3 Å². The van der Waals surface area contributed by atoms with Gasteiger partial charge in [-0.05, 0) is 32.0 Å². The Labute approximate surface area is 125 Å². The molecule has 0 fully saturated rings. The van der Waals surface area contributed by atoms with Crippen LogP contribution in [0.15, 0.2) is 22.7 Å². The molecular weight excluding hydrogens is 320 g/mol. The van der Waals surface area contributed by atoms with E-state index in [4.69, 9.17) is 11.1 Å². The van der Waals surface area contributed by atoms with E-state index in [-0.39, 0.29) is 0 Å². The summed E-state index contributed by atoms with van der Waals surface area (Å²) in [5.74, 6) is 7.18. The third kappa shape index (κ3) is 2.87. The van der Waals surface area contributed by atoms with Gasteiger partial charge in [0.1, 0.15) is 23.5 Å². The van der Waals surface area contributed by atoms with Crippen LogP contribution in [0.5, 0.6) is 0 Å². The van der Waals surface area contributed by atoms with Crippen molar-refractivity contribution in [1.82, 2.24) is 9.97 Å². The first kappa shape index (κ1) is 14.2. The van der Waals surface area contributed by atoms with Gasteiger partial charge in [0.25, 0.3) is 0 Å². The molecule has 7 heteroatoms. The van der Waals surface area contributed by atoms with Gasteiger partial charge in [-0.3, -0.25) is 0 Å². The van der Waals surface area contributed by atoms with E-state index in [1.165, 1.54) is 0 Å². The van der Waals surface area contributed by atoms with E-state index >= 15 is 0 Å². The van der Waals surface area contributed by atoms with E-state index in [2.05, 4.69) is 42.7 Å². The highest BCUT2D eigenvalue weighted by Crippen LogP contribution is 2.26. The minimum Gasteiger partial charge on any atom is -0.339 e. The summed E-state index contributed by atoms with van der Waals surface area (Å²) in [7, 11) is 0. The summed E-state index contributed by atoms with van der Waals surface area (Å²) >= 11 is 3.34. The molecule has 0 radical (unpaired) electrons. The predicted molar refractivity (Wildman–Crippen MR) is 81.5 cm³/mol. The van der Waals surface area contributed by atoms with E-state index in [1.807, 2.05) is 19.1 Å². The second-order valence-corrected chi connectivity index (χ2v) is 5.08. The van der Waals surface area contributed by atoms with E-state index < -0.39 is 0 Å². The van der Waals surface area contributed by atoms with Gasteiger partial charge in [-0.2, -0.15) is 5.26 Å². The van der Waals surface area contributed by atoms with Crippen molar-refractivity contribution in [2.45, 2.75) is 13.8 Å². The van der Waals surface area contributed by atoms with Crippen molar-refractivity contribution in [2.75, 3.05) is 10.7 Å². The molecule has 1 heterocycles. The zero-order valence-electron chi connectivity index (χ0n) is 11.0. The second kappa shape index (κ2) is 5.86. The average molecular weight is 333 g/mol. The number of nitrogens with one attached hydrogen (secondary N) is 2. The Balaban J connectivity index is 2.45. The Morgan fingerprint density at radius 3 is 2.60 bits per heavy atom. The maximum absolute atomic E-state index is 9.17. The number of aromatic nitrogens is 2. The first-order valence-electron chi connectivity index (χ1n) is 5.83. The SMILES string of the molecule is Cc1nc(NN)c(C)c(Nc2ccc(Br)cc2C#N)n1. The Kier molecular flexibility index (Phi) is 4.17. The molecular formula is C13H13BrN6. The van der Waals surface area contributed by atoms with Crippen LogP contribution in [0.1, 0.15) is 17.0 Å². The van der Waals surface area contributed by atoms with Crippen LogP contribution in [0.4, 0.5) is 17.3 Å². The molecule has 0 amide bonds. The van der Waals surface area contributed by atoms with Gasteiger partial charge in [0.15, 0.2) is 0 Å². The second-order valence-electron chi connectivity index (χ2n) is 4.16. The number of nitrogen functional groups attached to an aromatic ring is 1. The van der Waals surface area contributed by atoms with E-state index in [0.29, 0.717) is 28.7 Å². The molecule has 0 spiro atoms. The summed E-state index contributed by atoms with van der Waals surface area (Å²) in [5.41, 5.74) is 4.52. The topological polar surface area (TPSA) is 99.6 Å². The normalized spacial score (nSPS) is 9.95. The van der Waals surface area contributed by atoms with Crippen LogP contribution in [0.2, 0.25) is 0 Å². The first-order valence-corrected chi connectivity index (χ1v) is 6.63. The standard InChI is InChI=1S/C13H13BrN6/c1-7-12(17-8(2)18-13(7)20-16)19-11-4-3-10(14)5-9(11)6-15/h3-5H,16H2,1-2H3,(H2,17,18,19,20). The van der Waals surface area contributed by atoms with Gasteiger partial charge in [0.05, 0.1) is 11.3 Å². The molecule has 2 aromatic rings. The lowest BCUT2D eigenvalue weighted by molar-refractivity contribution is 1.03. The smallest absolute Gasteiger partial charge is 0.148 e. The van der Waals surface area contributed by atoms with Crippen LogP contribution < -0.4 is 16.6 Å². The van der Waals surface area contributed by atoms with Gasteiger partial charge in [-0.1, -0.05) is 15.9 Å². The van der Waals surface area contributed by atoms with Gasteiger partial charge in [0.2, 0.25) is 0 Å². The molecule has 102 valence electrons. The lowest BCUT2D eigenvalue weighted by Gasteiger charge is -2.13. The lowest BCUT2D eigenvalue weighted by Crippen LogP contribution is -2.13. The van der Waals surface area contributed by atoms with Gasteiger partial charge < -0.3 is 10.7 Å². The molecule has 0 bridgehead atoms. The van der Waals surface area contributed by atoms with Crippen molar-refractivity contribution in [3.63, 3.8) is 0 Å². The summed E-state index contributed by atoms with van der Waals surface area (Å²) in [6.07, 6.45) is 0. The monoisotopic (exact) mass is 332 g/mol. The zero-order chi connectivity index (χ0) is 14.7. The zero-order valence-corrected chi connectivity index (χ0v) is 12.6. The number of hydrogen-bond donors (Lipinski definition) is 3. The third-order valence-electron chi connectivity index (χ3n) is 2.75. The highest BCUT2D eigenvalue weighted by atomic mass is 79.9. The number of nitrogens with zero attached hydrogens (tertiary/aromatic N) is 3. The van der Waals surface area contributed by atoms with Gasteiger partial charge in [-0.15, -0.1) is 0 Å². The van der Waals surface area contributed by atoms with E-state index in [9.17, 15) is 0 Å². The predicted octanol–water partition coefficient (Wildman–Crippen LogP) is 2.76. The maximum Gasteiger partial charge on any atom is 0.148 e. The average Bonchev–Trinajstić information content (AvgIpc) is 2.44. The third-order valence-corrected chi connectivity index (χ3v) is 3.24. The number of anilines is 3. The maximum atomic E-state index is 9.17. The molecule has 0 saturated heterocycles. The Bertz CT molecular complexity index is 692. The summed E-state index contributed by atoms with van der Waals surface area (Å²) in [6, 6.07) is 7.56. The summed E-state index contributed by atoms with van der Waals surface area (Å²) in [5, 5.41) is 12.3. The highest BCUT2D eigenvalue weighted by Gasteiger charge is 2.10. The molecule has 0 aliphatic carbocycles. The molecule has 0 atom stereocenters. The van der Waals surface area contributed by atoms with E-state index in [0.717, 1.165) is 10.0 Å². The minimum absolute atomic E-state index is 0.525. The van der Waals surface area contributed by atoms with Gasteiger partial charge in [0, 0.05) is 10.0 Å². The lowest BCUT2D eigenvalue weighted by atomic mass is 10.2. The number of hydrazine groups is 1. The number of benzene rings is 1. The van der Waals surface area contributed by atoms with Crippen molar-refractivity contribution < 1.29 is 0 Å².